The molecule has 0 aliphatic heterocycles. The Morgan fingerprint density at radius 3 is 2.75 bits per heavy atom. The zero-order chi connectivity index (χ0) is 11.6. The van der Waals surface area contributed by atoms with Crippen molar-refractivity contribution < 1.29 is 17.1 Å². The number of hydrogen-bond donors (Lipinski definition) is 0. The quantitative estimate of drug-likeness (QED) is 0.762. The van der Waals surface area contributed by atoms with E-state index in [1.165, 1.54) is 18.3 Å². The van der Waals surface area contributed by atoms with Crippen LogP contribution in [0.15, 0.2) is 45.9 Å². The van der Waals surface area contributed by atoms with Gasteiger partial charge in [-0.2, -0.15) is 8.42 Å². The van der Waals surface area contributed by atoms with Crippen molar-refractivity contribution in [3.05, 3.63) is 36.5 Å². The second kappa shape index (κ2) is 4.07. The van der Waals surface area contributed by atoms with Gasteiger partial charge in [0.2, 0.25) is 0 Å². The molecule has 0 saturated carbocycles. The highest BCUT2D eigenvalue weighted by molar-refractivity contribution is 7.86. The zero-order valence-electron chi connectivity index (χ0n) is 8.45. The molecule has 1 aromatic carbocycles. The molecule has 0 saturated heterocycles. The van der Waals surface area contributed by atoms with Crippen LogP contribution in [0.1, 0.15) is 0 Å². The first-order chi connectivity index (χ1) is 7.63. The molecule has 0 unspecified atom stereocenters. The first-order valence-electron chi connectivity index (χ1n) is 4.45. The Morgan fingerprint density at radius 1 is 1.31 bits per heavy atom. The lowest BCUT2D eigenvalue weighted by Gasteiger charge is -2.02. The van der Waals surface area contributed by atoms with Crippen molar-refractivity contribution in [1.82, 2.24) is 5.16 Å². The van der Waals surface area contributed by atoms with Crippen LogP contribution in [-0.2, 0) is 14.3 Å². The van der Waals surface area contributed by atoms with Crippen LogP contribution in [0.2, 0.25) is 0 Å². The second-order valence-electron chi connectivity index (χ2n) is 3.03. The lowest BCUT2D eigenvalue weighted by Crippen LogP contribution is -2.02. The molecule has 0 N–H and O–H groups in total. The molecule has 0 amide bonds. The van der Waals surface area contributed by atoms with E-state index in [1.54, 1.807) is 18.2 Å². The summed E-state index contributed by atoms with van der Waals surface area (Å²) in [6, 6.07) is 7.93. The predicted molar refractivity (Wildman–Crippen MR) is 56.1 cm³/mol. The van der Waals surface area contributed by atoms with Crippen LogP contribution in [0.25, 0.3) is 11.3 Å². The van der Waals surface area contributed by atoms with Gasteiger partial charge in [-0.05, 0) is 12.1 Å². The average Bonchev–Trinajstić information content (AvgIpc) is 2.83. The highest BCUT2D eigenvalue weighted by atomic mass is 32.2. The van der Waals surface area contributed by atoms with Gasteiger partial charge in [-0.3, -0.25) is 4.18 Å². The molecule has 0 fully saturated rings. The van der Waals surface area contributed by atoms with E-state index < -0.39 is 10.1 Å². The van der Waals surface area contributed by atoms with E-state index in [4.69, 9.17) is 4.52 Å². The van der Waals surface area contributed by atoms with E-state index >= 15 is 0 Å². The minimum atomic E-state index is -3.67. The molecule has 0 bridgehead atoms. The van der Waals surface area contributed by atoms with Gasteiger partial charge in [-0.25, -0.2) is 0 Å². The average molecular weight is 239 g/mol. The maximum absolute atomic E-state index is 11.5. The molecule has 0 spiro atoms. The van der Waals surface area contributed by atoms with E-state index in [-0.39, 0.29) is 4.90 Å². The highest BCUT2D eigenvalue weighted by Gasteiger charge is 2.14. The molecule has 16 heavy (non-hydrogen) atoms. The maximum Gasteiger partial charge on any atom is 0.296 e. The fraction of sp³-hybridized carbons (Fsp3) is 0.100. The first kappa shape index (κ1) is 10.8. The lowest BCUT2D eigenvalue weighted by molar-refractivity contribution is 0.397. The summed E-state index contributed by atoms with van der Waals surface area (Å²) in [6.07, 6.45) is 1.49. The van der Waals surface area contributed by atoms with Crippen LogP contribution in [0.5, 0.6) is 0 Å². The van der Waals surface area contributed by atoms with Crippen molar-refractivity contribution in [2.45, 2.75) is 4.90 Å². The summed E-state index contributed by atoms with van der Waals surface area (Å²) in [6.45, 7) is 0. The topological polar surface area (TPSA) is 69.4 Å². The summed E-state index contributed by atoms with van der Waals surface area (Å²) in [5.74, 6) is 0.508. The van der Waals surface area contributed by atoms with E-state index in [1.807, 2.05) is 0 Å². The standard InChI is InChI=1S/C10H9NO4S/c1-14-16(12,13)9-4-2-3-8(7-9)10-5-6-11-15-10/h2-7H,1H3. The monoisotopic (exact) mass is 239 g/mol. The molecule has 84 valence electrons. The third-order valence-electron chi connectivity index (χ3n) is 2.06. The predicted octanol–water partition coefficient (Wildman–Crippen LogP) is 1.68. The molecular formula is C10H9NO4S. The molecule has 2 aromatic rings. The Kier molecular flexibility index (Phi) is 2.76. The summed E-state index contributed by atoms with van der Waals surface area (Å²) in [4.78, 5) is 0.0869. The van der Waals surface area contributed by atoms with Crippen LogP contribution >= 0.6 is 0 Å². The summed E-state index contributed by atoms with van der Waals surface area (Å²) >= 11 is 0. The molecule has 2 rings (SSSR count). The Bertz CT molecular complexity index is 575. The van der Waals surface area contributed by atoms with Gasteiger partial charge < -0.3 is 4.52 Å². The molecule has 5 nitrogen and oxygen atoms in total. The molecule has 0 aliphatic carbocycles. The smallest absolute Gasteiger partial charge is 0.296 e. The number of rotatable bonds is 3. The molecule has 6 heteroatoms. The summed E-state index contributed by atoms with van der Waals surface area (Å²) in [5, 5.41) is 3.55. The molecular weight excluding hydrogens is 230 g/mol. The van der Waals surface area contributed by atoms with Crippen molar-refractivity contribution >= 4 is 10.1 Å². The molecule has 0 aliphatic rings. The van der Waals surface area contributed by atoms with Crippen LogP contribution in [0, 0.1) is 0 Å². The minimum Gasteiger partial charge on any atom is -0.356 e. The van der Waals surface area contributed by atoms with Gasteiger partial charge in [0, 0.05) is 11.6 Å². The van der Waals surface area contributed by atoms with Crippen LogP contribution < -0.4 is 0 Å². The Labute approximate surface area is 92.8 Å². The number of nitrogens with zero attached hydrogens (tertiary/aromatic N) is 1. The summed E-state index contributed by atoms with van der Waals surface area (Å²) in [5.41, 5.74) is 0.635. The minimum absolute atomic E-state index is 0.0869. The molecule has 1 aromatic heterocycles. The van der Waals surface area contributed by atoms with E-state index in [2.05, 4.69) is 9.34 Å². The zero-order valence-corrected chi connectivity index (χ0v) is 9.27. The Hall–Kier alpha value is -1.66. The van der Waals surface area contributed by atoms with Gasteiger partial charge in [0.1, 0.15) is 0 Å². The van der Waals surface area contributed by atoms with Crippen molar-refractivity contribution in [2.75, 3.05) is 7.11 Å². The fourth-order valence-corrected chi connectivity index (χ4v) is 1.97. The van der Waals surface area contributed by atoms with E-state index in [0.717, 1.165) is 7.11 Å². The van der Waals surface area contributed by atoms with Crippen LogP contribution in [0.4, 0.5) is 0 Å². The highest BCUT2D eigenvalue weighted by Crippen LogP contribution is 2.22. The molecule has 0 radical (unpaired) electrons. The van der Waals surface area contributed by atoms with Crippen molar-refractivity contribution in [3.8, 4) is 11.3 Å². The maximum atomic E-state index is 11.5. The van der Waals surface area contributed by atoms with Gasteiger partial charge in [0.05, 0.1) is 18.2 Å². The van der Waals surface area contributed by atoms with E-state index in [0.29, 0.717) is 11.3 Å². The number of benzene rings is 1. The first-order valence-corrected chi connectivity index (χ1v) is 5.86. The SMILES string of the molecule is COS(=O)(=O)c1cccc(-c2ccno2)c1. The van der Waals surface area contributed by atoms with Crippen molar-refractivity contribution in [2.24, 2.45) is 0 Å². The number of aromatic nitrogens is 1. The normalized spacial score (nSPS) is 11.6. The molecule has 0 atom stereocenters. The largest absolute Gasteiger partial charge is 0.356 e. The van der Waals surface area contributed by atoms with Crippen molar-refractivity contribution in [3.63, 3.8) is 0 Å². The fourth-order valence-electron chi connectivity index (χ4n) is 1.27. The van der Waals surface area contributed by atoms with Crippen LogP contribution in [-0.4, -0.2) is 20.7 Å². The third-order valence-corrected chi connectivity index (χ3v) is 3.33. The Morgan fingerprint density at radius 2 is 2.12 bits per heavy atom. The third kappa shape index (κ3) is 1.98. The van der Waals surface area contributed by atoms with Gasteiger partial charge in [0.25, 0.3) is 10.1 Å². The van der Waals surface area contributed by atoms with Gasteiger partial charge in [-0.15, -0.1) is 0 Å². The number of hydrogen-bond acceptors (Lipinski definition) is 5. The molecule has 1 heterocycles. The van der Waals surface area contributed by atoms with Crippen molar-refractivity contribution in [1.29, 1.82) is 0 Å². The summed E-state index contributed by atoms with van der Waals surface area (Å²) in [7, 11) is -2.55. The van der Waals surface area contributed by atoms with Gasteiger partial charge >= 0.3 is 0 Å². The van der Waals surface area contributed by atoms with Crippen LogP contribution in [0.3, 0.4) is 0 Å². The van der Waals surface area contributed by atoms with Gasteiger partial charge in [0.15, 0.2) is 5.76 Å². The summed E-state index contributed by atoms with van der Waals surface area (Å²) < 4.78 is 32.3. The lowest BCUT2D eigenvalue weighted by atomic mass is 10.2. The van der Waals surface area contributed by atoms with Gasteiger partial charge in [-0.1, -0.05) is 17.3 Å². The Balaban J connectivity index is 2.50. The van der Waals surface area contributed by atoms with E-state index in [9.17, 15) is 8.42 Å². The second-order valence-corrected chi connectivity index (χ2v) is 4.74.